The normalized spacial score (nSPS) is 10.1. The molecule has 0 aromatic carbocycles. The van der Waals surface area contributed by atoms with E-state index >= 15 is 0 Å². The summed E-state index contributed by atoms with van der Waals surface area (Å²) in [6.07, 6.45) is 1.55. The highest BCUT2D eigenvalue weighted by molar-refractivity contribution is 9.10. The van der Waals surface area contributed by atoms with Gasteiger partial charge in [-0.1, -0.05) is 0 Å². The van der Waals surface area contributed by atoms with Crippen LogP contribution in [-0.2, 0) is 0 Å². The molecule has 0 amide bonds. The molecule has 72 valence electrons. The van der Waals surface area contributed by atoms with Crippen molar-refractivity contribution in [1.82, 2.24) is 4.98 Å². The number of halogens is 2. The van der Waals surface area contributed by atoms with Crippen molar-refractivity contribution in [3.63, 3.8) is 0 Å². The van der Waals surface area contributed by atoms with Crippen LogP contribution in [-0.4, -0.2) is 4.98 Å². The first-order valence-electron chi connectivity index (χ1n) is 3.86. The van der Waals surface area contributed by atoms with E-state index in [0.29, 0.717) is 4.47 Å². The molecule has 14 heavy (non-hydrogen) atoms. The second kappa shape index (κ2) is 4.06. The van der Waals surface area contributed by atoms with Gasteiger partial charge in [0.2, 0.25) is 0 Å². The van der Waals surface area contributed by atoms with Crippen LogP contribution in [0.15, 0.2) is 33.6 Å². The first kappa shape index (κ1) is 9.61. The molecular formula is C9H6BrFN2S. The van der Waals surface area contributed by atoms with Crippen LogP contribution in [0.2, 0.25) is 0 Å². The number of nitrogens with zero attached hydrogens (tertiary/aromatic N) is 1. The molecule has 0 aliphatic rings. The van der Waals surface area contributed by atoms with Gasteiger partial charge in [-0.2, -0.15) is 11.3 Å². The van der Waals surface area contributed by atoms with E-state index in [4.69, 9.17) is 0 Å². The summed E-state index contributed by atoms with van der Waals surface area (Å²) in [5.74, 6) is -0.128. The standard InChI is InChI=1S/C9H6BrFN2S/c10-6-3-8(11)9(12-4-6)13-7-1-2-14-5-7/h1-5H,(H,12,13). The SMILES string of the molecule is Fc1cc(Br)cnc1Nc1ccsc1. The summed E-state index contributed by atoms with van der Waals surface area (Å²) in [4.78, 5) is 3.92. The van der Waals surface area contributed by atoms with Crippen LogP contribution in [0.5, 0.6) is 0 Å². The van der Waals surface area contributed by atoms with Crippen LogP contribution < -0.4 is 5.32 Å². The first-order chi connectivity index (χ1) is 6.75. The minimum absolute atomic E-state index is 0.242. The van der Waals surface area contributed by atoms with Gasteiger partial charge in [0.15, 0.2) is 11.6 Å². The molecular weight excluding hydrogens is 267 g/mol. The first-order valence-corrected chi connectivity index (χ1v) is 5.59. The van der Waals surface area contributed by atoms with E-state index in [1.165, 1.54) is 6.07 Å². The second-order valence-corrected chi connectivity index (χ2v) is 4.32. The van der Waals surface area contributed by atoms with Crippen LogP contribution >= 0.6 is 27.3 Å². The average Bonchev–Trinajstić information content (AvgIpc) is 2.62. The van der Waals surface area contributed by atoms with Crippen molar-refractivity contribution in [2.24, 2.45) is 0 Å². The predicted octanol–water partition coefficient (Wildman–Crippen LogP) is 3.79. The van der Waals surface area contributed by atoms with Gasteiger partial charge in [0.05, 0.1) is 5.69 Å². The van der Waals surface area contributed by atoms with E-state index in [-0.39, 0.29) is 11.6 Å². The van der Waals surface area contributed by atoms with E-state index in [1.54, 1.807) is 17.5 Å². The molecule has 0 aliphatic heterocycles. The van der Waals surface area contributed by atoms with Crippen molar-refractivity contribution in [3.05, 3.63) is 39.4 Å². The monoisotopic (exact) mass is 272 g/mol. The number of anilines is 2. The molecule has 0 saturated carbocycles. The molecule has 2 heterocycles. The van der Waals surface area contributed by atoms with Crippen LogP contribution in [0.1, 0.15) is 0 Å². The fraction of sp³-hybridized carbons (Fsp3) is 0. The summed E-state index contributed by atoms with van der Waals surface area (Å²) in [5, 5.41) is 6.69. The van der Waals surface area contributed by atoms with Gasteiger partial charge in [-0.25, -0.2) is 9.37 Å². The van der Waals surface area contributed by atoms with Crippen molar-refractivity contribution in [3.8, 4) is 0 Å². The van der Waals surface area contributed by atoms with Crippen molar-refractivity contribution >= 4 is 38.8 Å². The third-order valence-corrected chi connectivity index (χ3v) is 2.71. The smallest absolute Gasteiger partial charge is 0.166 e. The quantitative estimate of drug-likeness (QED) is 0.900. The summed E-state index contributed by atoms with van der Waals surface area (Å²) in [6, 6.07) is 3.25. The second-order valence-electron chi connectivity index (χ2n) is 2.62. The maximum atomic E-state index is 13.3. The average molecular weight is 273 g/mol. The number of rotatable bonds is 2. The third kappa shape index (κ3) is 2.10. The van der Waals surface area contributed by atoms with Gasteiger partial charge >= 0.3 is 0 Å². The molecule has 0 bridgehead atoms. The Hall–Kier alpha value is -0.940. The zero-order valence-electron chi connectivity index (χ0n) is 7.00. The Kier molecular flexibility index (Phi) is 2.79. The number of pyridine rings is 1. The highest BCUT2D eigenvalue weighted by Crippen LogP contribution is 2.21. The van der Waals surface area contributed by atoms with E-state index < -0.39 is 0 Å². The Morgan fingerprint density at radius 1 is 1.50 bits per heavy atom. The molecule has 1 N–H and O–H groups in total. The van der Waals surface area contributed by atoms with Gasteiger partial charge < -0.3 is 5.32 Å². The molecule has 0 spiro atoms. The highest BCUT2D eigenvalue weighted by atomic mass is 79.9. The molecule has 0 atom stereocenters. The lowest BCUT2D eigenvalue weighted by Gasteiger charge is -2.03. The molecule has 2 nitrogen and oxygen atoms in total. The molecule has 0 radical (unpaired) electrons. The van der Waals surface area contributed by atoms with Crippen LogP contribution in [0.3, 0.4) is 0 Å². The van der Waals surface area contributed by atoms with E-state index in [2.05, 4.69) is 26.2 Å². The number of hydrogen-bond donors (Lipinski definition) is 1. The number of nitrogens with one attached hydrogen (secondary N) is 1. The lowest BCUT2D eigenvalue weighted by Crippen LogP contribution is -1.95. The van der Waals surface area contributed by atoms with Gasteiger partial charge in [0.25, 0.3) is 0 Å². The van der Waals surface area contributed by atoms with Gasteiger partial charge in [0, 0.05) is 16.0 Å². The summed E-state index contributed by atoms with van der Waals surface area (Å²) in [6.45, 7) is 0. The lowest BCUT2D eigenvalue weighted by molar-refractivity contribution is 0.625. The van der Waals surface area contributed by atoms with Crippen molar-refractivity contribution in [2.45, 2.75) is 0 Å². The van der Waals surface area contributed by atoms with Crippen LogP contribution in [0, 0.1) is 5.82 Å². The molecule has 2 rings (SSSR count). The van der Waals surface area contributed by atoms with Gasteiger partial charge in [-0.15, -0.1) is 0 Å². The van der Waals surface area contributed by atoms with Gasteiger partial charge in [-0.3, -0.25) is 0 Å². The Bertz CT molecular complexity index is 430. The van der Waals surface area contributed by atoms with E-state index in [0.717, 1.165) is 5.69 Å². The Balaban J connectivity index is 2.25. The van der Waals surface area contributed by atoms with E-state index in [1.807, 2.05) is 16.8 Å². The topological polar surface area (TPSA) is 24.9 Å². The minimum atomic E-state index is -0.370. The molecule has 5 heteroatoms. The van der Waals surface area contributed by atoms with Crippen molar-refractivity contribution in [2.75, 3.05) is 5.32 Å². The summed E-state index contributed by atoms with van der Waals surface area (Å²) in [5.41, 5.74) is 0.851. The molecule has 0 saturated heterocycles. The lowest BCUT2D eigenvalue weighted by atomic mass is 10.4. The predicted molar refractivity (Wildman–Crippen MR) is 59.5 cm³/mol. The van der Waals surface area contributed by atoms with Crippen molar-refractivity contribution < 1.29 is 4.39 Å². The Morgan fingerprint density at radius 3 is 3.00 bits per heavy atom. The summed E-state index contributed by atoms with van der Waals surface area (Å²) < 4.78 is 13.9. The zero-order valence-corrected chi connectivity index (χ0v) is 9.40. The maximum Gasteiger partial charge on any atom is 0.166 e. The molecule has 0 fully saturated rings. The fourth-order valence-electron chi connectivity index (χ4n) is 0.979. The molecule has 0 unspecified atom stereocenters. The molecule has 0 aliphatic carbocycles. The molecule has 2 aromatic rings. The Morgan fingerprint density at radius 2 is 2.36 bits per heavy atom. The van der Waals surface area contributed by atoms with Crippen LogP contribution in [0.4, 0.5) is 15.9 Å². The summed E-state index contributed by atoms with van der Waals surface area (Å²) >= 11 is 4.69. The van der Waals surface area contributed by atoms with E-state index in [9.17, 15) is 4.39 Å². The van der Waals surface area contributed by atoms with Gasteiger partial charge in [-0.05, 0) is 33.4 Å². The maximum absolute atomic E-state index is 13.3. The zero-order chi connectivity index (χ0) is 9.97. The largest absolute Gasteiger partial charge is 0.337 e. The van der Waals surface area contributed by atoms with Crippen molar-refractivity contribution in [1.29, 1.82) is 0 Å². The third-order valence-electron chi connectivity index (χ3n) is 1.59. The minimum Gasteiger partial charge on any atom is -0.337 e. The number of aromatic nitrogens is 1. The molecule has 2 aromatic heterocycles. The fourth-order valence-corrected chi connectivity index (χ4v) is 1.87. The summed E-state index contributed by atoms with van der Waals surface area (Å²) in [7, 11) is 0. The van der Waals surface area contributed by atoms with Gasteiger partial charge in [0.1, 0.15) is 0 Å². The number of hydrogen-bond acceptors (Lipinski definition) is 3. The van der Waals surface area contributed by atoms with Crippen LogP contribution in [0.25, 0.3) is 0 Å². The highest BCUT2D eigenvalue weighted by Gasteiger charge is 2.04. The number of thiophene rings is 1. The Labute approximate surface area is 92.9 Å².